The molecular formula is C31H36FN5O3SSi. The minimum absolute atomic E-state index is 0.310. The van der Waals surface area contributed by atoms with Gasteiger partial charge in [-0.25, -0.2) is 14.4 Å². The zero-order chi connectivity index (χ0) is 30.3. The lowest BCUT2D eigenvalue weighted by Gasteiger charge is -2.17. The third-order valence-electron chi connectivity index (χ3n) is 6.40. The van der Waals surface area contributed by atoms with Crippen molar-refractivity contribution in [1.82, 2.24) is 14.5 Å². The van der Waals surface area contributed by atoms with Crippen molar-refractivity contribution < 1.29 is 18.7 Å². The number of halogens is 1. The molecule has 0 aliphatic rings. The minimum atomic E-state index is -1.26. The molecule has 0 saturated carbocycles. The van der Waals surface area contributed by atoms with Crippen molar-refractivity contribution in [3.05, 3.63) is 79.3 Å². The van der Waals surface area contributed by atoms with E-state index in [2.05, 4.69) is 46.4 Å². The molecule has 0 atom stereocenters. The van der Waals surface area contributed by atoms with Gasteiger partial charge in [0, 0.05) is 37.7 Å². The summed E-state index contributed by atoms with van der Waals surface area (Å²) in [5, 5.41) is 6.87. The number of nitrogens with zero attached hydrogens (tertiary/aromatic N) is 3. The highest BCUT2D eigenvalue weighted by Crippen LogP contribution is 2.37. The van der Waals surface area contributed by atoms with E-state index in [9.17, 15) is 9.18 Å². The van der Waals surface area contributed by atoms with Gasteiger partial charge < -0.3 is 20.1 Å². The Kier molecular flexibility index (Phi) is 10.2. The quantitative estimate of drug-likeness (QED) is 0.0700. The first kappa shape index (κ1) is 31.0. The number of carbonyl (C=O) groups is 1. The predicted molar refractivity (Wildman–Crippen MR) is 172 cm³/mol. The Morgan fingerprint density at radius 1 is 1.12 bits per heavy atom. The predicted octanol–water partition coefficient (Wildman–Crippen LogP) is 7.66. The van der Waals surface area contributed by atoms with Crippen LogP contribution < -0.4 is 15.4 Å². The highest BCUT2D eigenvalue weighted by Gasteiger charge is 2.21. The molecule has 4 rings (SSSR count). The maximum absolute atomic E-state index is 13.8. The number of imidazole rings is 1. The topological polar surface area (TPSA) is 90.3 Å². The van der Waals surface area contributed by atoms with Gasteiger partial charge in [0.05, 0.1) is 24.2 Å². The summed E-state index contributed by atoms with van der Waals surface area (Å²) < 4.78 is 27.6. The van der Waals surface area contributed by atoms with E-state index < -0.39 is 8.07 Å². The number of hydrogen-bond donors (Lipinski definition) is 2. The summed E-state index contributed by atoms with van der Waals surface area (Å²) in [5.74, 6) is 0.511. The van der Waals surface area contributed by atoms with Crippen LogP contribution in [0, 0.1) is 5.82 Å². The van der Waals surface area contributed by atoms with Gasteiger partial charge in [0.15, 0.2) is 5.16 Å². The number of nitrogens with one attached hydrogen (secondary N) is 2. The second-order valence-corrected chi connectivity index (χ2v) is 17.1. The lowest BCUT2D eigenvalue weighted by atomic mass is 10.1. The Bertz CT molecular complexity index is 1550. The molecule has 1 amide bonds. The molecular weight excluding hydrogens is 570 g/mol. The Morgan fingerprint density at radius 2 is 1.88 bits per heavy atom. The van der Waals surface area contributed by atoms with Crippen molar-refractivity contribution in [2.45, 2.75) is 37.6 Å². The summed E-state index contributed by atoms with van der Waals surface area (Å²) in [6.45, 7) is 11.5. The second kappa shape index (κ2) is 13.8. The van der Waals surface area contributed by atoms with Crippen LogP contribution in [0.15, 0.2) is 78.6 Å². The molecule has 2 aromatic carbocycles. The van der Waals surface area contributed by atoms with Crippen LogP contribution in [-0.2, 0) is 16.3 Å². The van der Waals surface area contributed by atoms with E-state index in [1.165, 1.54) is 30.0 Å². The monoisotopic (exact) mass is 605 g/mol. The Hall–Kier alpha value is -3.93. The lowest BCUT2D eigenvalue weighted by Crippen LogP contribution is -2.22. The molecule has 42 heavy (non-hydrogen) atoms. The van der Waals surface area contributed by atoms with Gasteiger partial charge in [0.1, 0.15) is 24.1 Å². The first-order valence-electron chi connectivity index (χ1n) is 13.4. The zero-order valence-corrected chi connectivity index (χ0v) is 26.3. The van der Waals surface area contributed by atoms with E-state index in [1.54, 1.807) is 43.6 Å². The van der Waals surface area contributed by atoms with E-state index in [0.29, 0.717) is 36.3 Å². The van der Waals surface area contributed by atoms with E-state index in [0.717, 1.165) is 33.7 Å². The first-order valence-corrected chi connectivity index (χ1v) is 18.4. The molecule has 2 aromatic heterocycles. The summed E-state index contributed by atoms with van der Waals surface area (Å²) >= 11 is 1.52. The molecule has 2 heterocycles. The van der Waals surface area contributed by atoms with Crippen LogP contribution in [0.5, 0.6) is 5.75 Å². The fourth-order valence-corrected chi connectivity index (χ4v) is 5.51. The van der Waals surface area contributed by atoms with Crippen molar-refractivity contribution in [2.75, 3.05) is 30.6 Å². The first-order chi connectivity index (χ1) is 20.1. The number of aromatic nitrogens is 3. The van der Waals surface area contributed by atoms with E-state index in [-0.39, 0.29) is 11.7 Å². The number of benzene rings is 2. The van der Waals surface area contributed by atoms with Crippen LogP contribution in [0.1, 0.15) is 0 Å². The molecule has 0 spiro atoms. The molecule has 220 valence electrons. The maximum Gasteiger partial charge on any atom is 0.247 e. The number of hydrogen-bond acceptors (Lipinski definition) is 7. The zero-order valence-electron chi connectivity index (χ0n) is 24.5. The van der Waals surface area contributed by atoms with Crippen LogP contribution >= 0.6 is 11.8 Å². The number of carbonyl (C=O) groups excluding carboxylic acids is 1. The van der Waals surface area contributed by atoms with Gasteiger partial charge >= 0.3 is 0 Å². The second-order valence-electron chi connectivity index (χ2n) is 10.7. The smallest absolute Gasteiger partial charge is 0.247 e. The van der Waals surface area contributed by atoms with Crippen LogP contribution in [0.2, 0.25) is 25.7 Å². The third kappa shape index (κ3) is 7.87. The van der Waals surface area contributed by atoms with Crippen molar-refractivity contribution >= 4 is 42.9 Å². The van der Waals surface area contributed by atoms with Gasteiger partial charge in [-0.15, -0.1) is 0 Å². The van der Waals surface area contributed by atoms with Crippen molar-refractivity contribution in [3.8, 4) is 28.3 Å². The Labute approximate surface area is 251 Å². The van der Waals surface area contributed by atoms with Crippen LogP contribution in [0.25, 0.3) is 22.5 Å². The molecule has 2 N–H and O–H groups in total. The third-order valence-corrected chi connectivity index (χ3v) is 8.78. The summed E-state index contributed by atoms with van der Waals surface area (Å²) in [6, 6.07) is 16.5. The Morgan fingerprint density at radius 3 is 2.55 bits per heavy atom. The number of amides is 1. The molecule has 0 bridgehead atoms. The number of rotatable bonds is 13. The van der Waals surface area contributed by atoms with Crippen LogP contribution in [-0.4, -0.2) is 48.5 Å². The van der Waals surface area contributed by atoms with E-state index in [4.69, 9.17) is 14.5 Å². The Balaban J connectivity index is 1.75. The highest BCUT2D eigenvalue weighted by atomic mass is 32.2. The molecule has 0 fully saturated rings. The minimum Gasteiger partial charge on any atom is -0.495 e. The average molecular weight is 606 g/mol. The molecule has 0 saturated heterocycles. The van der Waals surface area contributed by atoms with Gasteiger partial charge in [0.25, 0.3) is 0 Å². The van der Waals surface area contributed by atoms with Crippen LogP contribution in [0.4, 0.5) is 21.6 Å². The number of methoxy groups -OCH3 is 1. The van der Waals surface area contributed by atoms with Gasteiger partial charge in [0.2, 0.25) is 5.91 Å². The molecule has 0 aliphatic heterocycles. The van der Waals surface area contributed by atoms with Gasteiger partial charge in [-0.05, 0) is 73.0 Å². The number of thioether (sulfide) groups is 1. The fourth-order valence-electron chi connectivity index (χ4n) is 4.20. The number of anilines is 3. The summed E-state index contributed by atoms with van der Waals surface area (Å²) in [6.07, 6.45) is 4.90. The van der Waals surface area contributed by atoms with Gasteiger partial charge in [-0.3, -0.25) is 9.36 Å². The summed E-state index contributed by atoms with van der Waals surface area (Å²) in [4.78, 5) is 21.3. The molecule has 8 nitrogen and oxygen atoms in total. The molecule has 0 unspecified atom stereocenters. The largest absolute Gasteiger partial charge is 0.495 e. The molecule has 0 radical (unpaired) electrons. The normalized spacial score (nSPS) is 11.3. The average Bonchev–Trinajstić information content (AvgIpc) is 3.34. The SMILES string of the molecule is C=CC(=O)Nc1ccc(OC)c(Nc2cc(-c3c(-c4ccc(F)cc4)nc(SC)n3COCC[Si](C)(C)C)ccn2)c1. The number of ether oxygens (including phenoxy) is 2. The van der Waals surface area contributed by atoms with Gasteiger partial charge in [-0.1, -0.05) is 38.0 Å². The highest BCUT2D eigenvalue weighted by molar-refractivity contribution is 7.98. The maximum atomic E-state index is 13.8. The lowest BCUT2D eigenvalue weighted by molar-refractivity contribution is -0.111. The standard InChI is InChI=1S/C31H36FN5O3SSi/c1-7-28(38)34-24-12-13-26(39-2)25(19-24)35-27-18-22(14-15-33-27)30-29(21-8-10-23(32)11-9-21)36-31(41-3)37(30)20-40-16-17-42(4,5)6/h7-15,18-19H,1,16-17,20H2,2-6H3,(H,33,35)(H,34,38). The van der Waals surface area contributed by atoms with Crippen molar-refractivity contribution in [2.24, 2.45) is 0 Å². The summed E-state index contributed by atoms with van der Waals surface area (Å²) in [5.41, 5.74) is 4.40. The fraction of sp³-hybridized carbons (Fsp3) is 0.258. The van der Waals surface area contributed by atoms with Crippen molar-refractivity contribution in [3.63, 3.8) is 0 Å². The number of pyridine rings is 1. The molecule has 0 aliphatic carbocycles. The van der Waals surface area contributed by atoms with E-state index >= 15 is 0 Å². The molecule has 11 heteroatoms. The van der Waals surface area contributed by atoms with Crippen molar-refractivity contribution in [1.29, 1.82) is 0 Å². The van der Waals surface area contributed by atoms with Crippen LogP contribution in [0.3, 0.4) is 0 Å². The molecule has 4 aromatic rings. The van der Waals surface area contributed by atoms with Gasteiger partial charge in [-0.2, -0.15) is 0 Å². The summed E-state index contributed by atoms with van der Waals surface area (Å²) in [7, 11) is 0.314. The van der Waals surface area contributed by atoms with E-state index in [1.807, 2.05) is 18.4 Å².